The standard InChI is InChI=1S/C22H23F2N3O3S/c1-13(2)27-14(3)11-19(15(27)4)22(28)25-16-5-7-17(8-6-16)26-31(29,30)18-9-10-20(23)21(24)12-18/h5-13,26H,1-4H3,(H,25,28). The van der Waals surface area contributed by atoms with Gasteiger partial charge in [-0.2, -0.15) is 0 Å². The van der Waals surface area contributed by atoms with Gasteiger partial charge in [-0.15, -0.1) is 0 Å². The van der Waals surface area contributed by atoms with Crippen molar-refractivity contribution < 1.29 is 22.0 Å². The molecule has 2 aromatic carbocycles. The quantitative estimate of drug-likeness (QED) is 0.557. The third-order valence-corrected chi connectivity index (χ3v) is 6.22. The number of aryl methyl sites for hydroxylation is 1. The predicted octanol–water partition coefficient (Wildman–Crippen LogP) is 5.02. The van der Waals surface area contributed by atoms with E-state index in [-0.39, 0.29) is 17.6 Å². The van der Waals surface area contributed by atoms with E-state index < -0.39 is 26.6 Å². The van der Waals surface area contributed by atoms with Gasteiger partial charge in [0.05, 0.1) is 10.5 Å². The average Bonchev–Trinajstić information content (AvgIpc) is 2.99. The first kappa shape index (κ1) is 22.5. The van der Waals surface area contributed by atoms with Gasteiger partial charge in [0.15, 0.2) is 11.6 Å². The molecule has 1 aromatic heterocycles. The van der Waals surface area contributed by atoms with Gasteiger partial charge in [-0.1, -0.05) is 0 Å². The van der Waals surface area contributed by atoms with Crippen LogP contribution in [0.15, 0.2) is 53.4 Å². The molecule has 1 heterocycles. The summed E-state index contributed by atoms with van der Waals surface area (Å²) in [6.45, 7) is 7.92. The smallest absolute Gasteiger partial charge is 0.261 e. The Kier molecular flexibility index (Phi) is 6.17. The Balaban J connectivity index is 1.74. The second kappa shape index (κ2) is 8.50. The molecule has 0 saturated heterocycles. The average molecular weight is 448 g/mol. The van der Waals surface area contributed by atoms with Gasteiger partial charge in [-0.05, 0) is 76.2 Å². The van der Waals surface area contributed by atoms with E-state index in [1.54, 1.807) is 12.1 Å². The number of nitrogens with zero attached hydrogens (tertiary/aromatic N) is 1. The summed E-state index contributed by atoms with van der Waals surface area (Å²) in [5, 5.41) is 2.79. The minimum Gasteiger partial charge on any atom is -0.346 e. The zero-order valence-electron chi connectivity index (χ0n) is 17.5. The number of amides is 1. The molecule has 0 fully saturated rings. The third-order valence-electron chi connectivity index (χ3n) is 4.84. The molecule has 3 aromatic rings. The molecule has 1 amide bonds. The Morgan fingerprint density at radius 3 is 2.10 bits per heavy atom. The highest BCUT2D eigenvalue weighted by Gasteiger charge is 2.18. The minimum atomic E-state index is -4.09. The summed E-state index contributed by atoms with van der Waals surface area (Å²) in [7, 11) is -4.09. The molecule has 164 valence electrons. The van der Waals surface area contributed by atoms with Crippen LogP contribution in [-0.2, 0) is 10.0 Å². The van der Waals surface area contributed by atoms with Crippen molar-refractivity contribution in [3.63, 3.8) is 0 Å². The first-order valence-corrected chi connectivity index (χ1v) is 11.1. The first-order chi connectivity index (χ1) is 14.5. The van der Waals surface area contributed by atoms with Crippen molar-refractivity contribution in [1.29, 1.82) is 0 Å². The molecule has 0 bridgehead atoms. The van der Waals surface area contributed by atoms with Crippen molar-refractivity contribution in [2.24, 2.45) is 0 Å². The molecule has 0 saturated carbocycles. The third kappa shape index (κ3) is 4.77. The van der Waals surface area contributed by atoms with E-state index in [0.717, 1.165) is 23.5 Å². The number of rotatable bonds is 6. The van der Waals surface area contributed by atoms with Gasteiger partial charge >= 0.3 is 0 Å². The molecule has 0 aliphatic heterocycles. The van der Waals surface area contributed by atoms with Crippen LogP contribution >= 0.6 is 0 Å². The molecule has 9 heteroatoms. The normalized spacial score (nSPS) is 11.6. The molecule has 3 rings (SSSR count). The number of carbonyl (C=O) groups excluding carboxylic acids is 1. The fourth-order valence-electron chi connectivity index (χ4n) is 3.48. The zero-order valence-corrected chi connectivity index (χ0v) is 18.3. The Hall–Kier alpha value is -3.20. The second-order valence-electron chi connectivity index (χ2n) is 7.46. The molecule has 2 N–H and O–H groups in total. The zero-order chi connectivity index (χ0) is 22.9. The van der Waals surface area contributed by atoms with Gasteiger partial charge in [0.2, 0.25) is 0 Å². The van der Waals surface area contributed by atoms with Gasteiger partial charge in [-0.25, -0.2) is 17.2 Å². The van der Waals surface area contributed by atoms with E-state index >= 15 is 0 Å². The number of sulfonamides is 1. The van der Waals surface area contributed by atoms with Crippen LogP contribution in [0.4, 0.5) is 20.2 Å². The maximum atomic E-state index is 13.4. The molecule has 0 atom stereocenters. The topological polar surface area (TPSA) is 80.2 Å². The monoisotopic (exact) mass is 447 g/mol. The second-order valence-corrected chi connectivity index (χ2v) is 9.14. The Morgan fingerprint density at radius 2 is 1.55 bits per heavy atom. The van der Waals surface area contributed by atoms with Crippen LogP contribution < -0.4 is 10.0 Å². The van der Waals surface area contributed by atoms with Gasteiger partial charge < -0.3 is 9.88 Å². The largest absolute Gasteiger partial charge is 0.346 e. The van der Waals surface area contributed by atoms with Crippen LogP contribution in [0.3, 0.4) is 0 Å². The molecule has 0 aliphatic rings. The van der Waals surface area contributed by atoms with Crippen molar-refractivity contribution in [2.75, 3.05) is 10.0 Å². The molecule has 31 heavy (non-hydrogen) atoms. The highest BCUT2D eigenvalue weighted by Crippen LogP contribution is 2.23. The molecule has 6 nitrogen and oxygen atoms in total. The predicted molar refractivity (Wildman–Crippen MR) is 116 cm³/mol. The van der Waals surface area contributed by atoms with Crippen LogP contribution in [-0.4, -0.2) is 18.9 Å². The summed E-state index contributed by atoms with van der Waals surface area (Å²) in [5.41, 5.74) is 3.10. The van der Waals surface area contributed by atoms with Crippen molar-refractivity contribution in [3.8, 4) is 0 Å². The van der Waals surface area contributed by atoms with Gasteiger partial charge in [0.25, 0.3) is 15.9 Å². The number of halogens is 2. The lowest BCUT2D eigenvalue weighted by Crippen LogP contribution is -2.15. The van der Waals surface area contributed by atoms with E-state index in [2.05, 4.69) is 14.6 Å². The number of nitrogens with one attached hydrogen (secondary N) is 2. The van der Waals surface area contributed by atoms with Gasteiger partial charge in [0, 0.05) is 28.8 Å². The highest BCUT2D eigenvalue weighted by atomic mass is 32.2. The van der Waals surface area contributed by atoms with Crippen LogP contribution in [0.2, 0.25) is 0 Å². The number of anilines is 2. The van der Waals surface area contributed by atoms with E-state index in [9.17, 15) is 22.0 Å². The van der Waals surface area contributed by atoms with Crippen LogP contribution in [0.25, 0.3) is 0 Å². The van der Waals surface area contributed by atoms with E-state index in [4.69, 9.17) is 0 Å². The molecule has 0 spiro atoms. The summed E-state index contributed by atoms with van der Waals surface area (Å²) in [6.07, 6.45) is 0. The molecular formula is C22H23F2N3O3S. The Labute approximate surface area is 180 Å². The molecule has 0 aliphatic carbocycles. The summed E-state index contributed by atoms with van der Waals surface area (Å²) in [6, 6.07) is 10.4. The van der Waals surface area contributed by atoms with E-state index in [1.165, 1.54) is 12.1 Å². The fraction of sp³-hybridized carbons (Fsp3) is 0.227. The Bertz CT molecular complexity index is 1230. The fourth-order valence-corrected chi connectivity index (χ4v) is 4.55. The number of hydrogen-bond donors (Lipinski definition) is 2. The van der Waals surface area contributed by atoms with Crippen molar-refractivity contribution in [2.45, 2.75) is 38.6 Å². The molecular weight excluding hydrogens is 424 g/mol. The molecule has 0 unspecified atom stereocenters. The molecule has 0 radical (unpaired) electrons. The van der Waals surface area contributed by atoms with E-state index in [0.29, 0.717) is 17.3 Å². The van der Waals surface area contributed by atoms with Crippen molar-refractivity contribution in [1.82, 2.24) is 4.57 Å². The lowest BCUT2D eigenvalue weighted by atomic mass is 10.2. The number of benzene rings is 2. The first-order valence-electron chi connectivity index (χ1n) is 9.57. The SMILES string of the molecule is Cc1cc(C(=O)Nc2ccc(NS(=O)(=O)c3ccc(F)c(F)c3)cc2)c(C)n1C(C)C. The van der Waals surface area contributed by atoms with Crippen LogP contribution in [0, 0.1) is 25.5 Å². The Morgan fingerprint density at radius 1 is 0.935 bits per heavy atom. The summed E-state index contributed by atoms with van der Waals surface area (Å²) in [4.78, 5) is 12.3. The number of hydrogen-bond acceptors (Lipinski definition) is 3. The van der Waals surface area contributed by atoms with E-state index in [1.807, 2.05) is 33.8 Å². The maximum Gasteiger partial charge on any atom is 0.261 e. The summed E-state index contributed by atoms with van der Waals surface area (Å²) in [5.74, 6) is -2.65. The van der Waals surface area contributed by atoms with Gasteiger partial charge in [0.1, 0.15) is 0 Å². The van der Waals surface area contributed by atoms with Crippen LogP contribution in [0.5, 0.6) is 0 Å². The number of aromatic nitrogens is 1. The number of carbonyl (C=O) groups is 1. The minimum absolute atomic E-state index is 0.209. The van der Waals surface area contributed by atoms with Gasteiger partial charge in [-0.3, -0.25) is 9.52 Å². The lowest BCUT2D eigenvalue weighted by molar-refractivity contribution is 0.102. The lowest BCUT2D eigenvalue weighted by Gasteiger charge is -2.14. The van der Waals surface area contributed by atoms with Crippen LogP contribution in [0.1, 0.15) is 41.6 Å². The van der Waals surface area contributed by atoms with Crippen molar-refractivity contribution >= 4 is 27.3 Å². The van der Waals surface area contributed by atoms with Crippen molar-refractivity contribution in [3.05, 3.63) is 77.1 Å². The summed E-state index contributed by atoms with van der Waals surface area (Å²) < 4.78 is 55.5. The summed E-state index contributed by atoms with van der Waals surface area (Å²) >= 11 is 0. The maximum absolute atomic E-state index is 13.4. The highest BCUT2D eigenvalue weighted by molar-refractivity contribution is 7.92.